The van der Waals surface area contributed by atoms with Gasteiger partial charge in [0.1, 0.15) is 30.3 Å². The van der Waals surface area contributed by atoms with Crippen LogP contribution in [-0.4, -0.2) is 94.4 Å². The Morgan fingerprint density at radius 1 is 0.918 bits per heavy atom. The first-order valence-corrected chi connectivity index (χ1v) is 21.4. The largest absolute Gasteiger partial charge is 0.488 e. The number of benzene rings is 3. The minimum Gasteiger partial charge on any atom is -0.488 e. The van der Waals surface area contributed by atoms with E-state index in [1.165, 1.54) is 14.2 Å². The van der Waals surface area contributed by atoms with Crippen molar-refractivity contribution in [2.45, 2.75) is 111 Å². The molecule has 0 saturated carbocycles. The highest BCUT2D eigenvalue weighted by atomic mass is 16.5. The number of fused-ring (bicyclic) bond motifs is 6. The zero-order valence-electron chi connectivity index (χ0n) is 36.5. The SMILES string of the molecule is COC(=O)N[C@H](C(=O)N1C[C@@H](C)C[C@H]1C1=Nc2ccc3cc4c(cc3c2C1)OCc1cc(-c2cnc([C@@H]3CC[C@H](C)N3C(=O)[C@@H](NC(=O)OC)C(C)(C)C)[nH]2)ccc1-4)C(C)C. The van der Waals surface area contributed by atoms with Crippen LogP contribution in [0.25, 0.3) is 33.2 Å². The van der Waals surface area contributed by atoms with Crippen molar-refractivity contribution in [3.63, 3.8) is 0 Å². The standard InChI is InChI=1S/C47H57N7O7/c1-24(2)40(51-45(57)59-8)43(55)53-22-25(3)16-38(53)35-19-32-31-20-39-33(18-27(31)12-14-34(32)49-35)30-13-11-28(17-29(30)23-61-39)36-21-48-42(50-36)37-15-10-26(4)54(37)44(56)41(47(5,6)7)52-46(58)60-9/h11-14,17-18,20-21,24-26,37-38,40-41H,10,15-16,19,22-23H2,1-9H3,(H,48,50)(H,51,57)(H,52,58)/t25-,26-,37-,38-,40-,41+/m0/s1. The molecular weight excluding hydrogens is 775 g/mol. The maximum Gasteiger partial charge on any atom is 0.407 e. The van der Waals surface area contributed by atoms with Crippen molar-refractivity contribution in [3.8, 4) is 28.1 Å². The predicted molar refractivity (Wildman–Crippen MR) is 233 cm³/mol. The van der Waals surface area contributed by atoms with Gasteiger partial charge in [0, 0.05) is 30.3 Å². The van der Waals surface area contributed by atoms with Crippen molar-refractivity contribution in [1.29, 1.82) is 0 Å². The minimum absolute atomic E-state index is 0.0268. The van der Waals surface area contributed by atoms with Crippen LogP contribution >= 0.6 is 0 Å². The molecule has 61 heavy (non-hydrogen) atoms. The van der Waals surface area contributed by atoms with Gasteiger partial charge in [-0.1, -0.05) is 59.7 Å². The maximum atomic E-state index is 14.1. The molecule has 4 amide bonds. The molecule has 4 aliphatic rings. The summed E-state index contributed by atoms with van der Waals surface area (Å²) in [7, 11) is 2.60. The molecule has 2 fully saturated rings. The summed E-state index contributed by atoms with van der Waals surface area (Å²) in [6.07, 6.45) is 3.57. The number of carbonyl (C=O) groups excluding carboxylic acids is 4. The van der Waals surface area contributed by atoms with Crippen LogP contribution in [0.2, 0.25) is 0 Å². The number of amides is 4. The lowest BCUT2D eigenvalue weighted by Gasteiger charge is -2.36. The van der Waals surface area contributed by atoms with Crippen molar-refractivity contribution in [1.82, 2.24) is 30.4 Å². The number of alkyl carbamates (subject to hydrolysis) is 2. The highest BCUT2D eigenvalue weighted by Gasteiger charge is 2.45. The van der Waals surface area contributed by atoms with Gasteiger partial charge in [-0.2, -0.15) is 0 Å². The molecule has 0 spiro atoms. The third-order valence-electron chi connectivity index (χ3n) is 12.9. The summed E-state index contributed by atoms with van der Waals surface area (Å²) in [4.78, 5) is 69.6. The number of aliphatic imine (C=N–C) groups is 1. The zero-order valence-corrected chi connectivity index (χ0v) is 36.5. The number of nitrogens with zero attached hydrogens (tertiary/aromatic N) is 4. The molecule has 0 aliphatic carbocycles. The molecule has 4 aromatic rings. The van der Waals surface area contributed by atoms with E-state index in [0.29, 0.717) is 31.3 Å². The van der Waals surface area contributed by atoms with Crippen LogP contribution < -0.4 is 15.4 Å². The number of aromatic amines is 1. The molecule has 0 radical (unpaired) electrons. The first-order chi connectivity index (χ1) is 29.1. The first kappa shape index (κ1) is 41.8. The Labute approximate surface area is 356 Å². The van der Waals surface area contributed by atoms with E-state index in [-0.39, 0.29) is 35.9 Å². The Bertz CT molecular complexity index is 2430. The number of H-pyrrole nitrogens is 1. The Balaban J connectivity index is 1.02. The molecule has 14 nitrogen and oxygen atoms in total. The summed E-state index contributed by atoms with van der Waals surface area (Å²) in [5, 5.41) is 7.69. The van der Waals surface area contributed by atoms with Crippen LogP contribution in [0, 0.1) is 17.3 Å². The van der Waals surface area contributed by atoms with Gasteiger partial charge < -0.3 is 39.6 Å². The van der Waals surface area contributed by atoms with Gasteiger partial charge in [0.25, 0.3) is 0 Å². The number of imidazole rings is 1. The summed E-state index contributed by atoms with van der Waals surface area (Å²) in [5.41, 5.74) is 7.45. The summed E-state index contributed by atoms with van der Waals surface area (Å²) < 4.78 is 16.1. The fourth-order valence-corrected chi connectivity index (χ4v) is 9.62. The molecule has 0 bridgehead atoms. The number of ether oxygens (including phenoxy) is 3. The number of hydrogen-bond acceptors (Lipinski definition) is 9. The molecular formula is C47H57N7O7. The molecule has 8 rings (SSSR count). The van der Waals surface area contributed by atoms with E-state index in [1.54, 1.807) is 0 Å². The lowest BCUT2D eigenvalue weighted by molar-refractivity contribution is -0.139. The zero-order chi connectivity index (χ0) is 43.5. The van der Waals surface area contributed by atoms with Crippen LogP contribution in [0.4, 0.5) is 15.3 Å². The summed E-state index contributed by atoms with van der Waals surface area (Å²) in [6.45, 7) is 14.8. The van der Waals surface area contributed by atoms with Gasteiger partial charge in [-0.15, -0.1) is 0 Å². The van der Waals surface area contributed by atoms with Gasteiger partial charge in [-0.05, 0) is 101 Å². The monoisotopic (exact) mass is 831 g/mol. The second kappa shape index (κ2) is 16.2. The average molecular weight is 832 g/mol. The van der Waals surface area contributed by atoms with E-state index < -0.39 is 29.7 Å². The fraction of sp³-hybridized carbons (Fsp3) is 0.489. The van der Waals surface area contributed by atoms with E-state index in [0.717, 1.165) is 80.7 Å². The van der Waals surface area contributed by atoms with Crippen molar-refractivity contribution in [3.05, 3.63) is 65.6 Å². The molecule has 14 heteroatoms. The third-order valence-corrected chi connectivity index (χ3v) is 12.9. The van der Waals surface area contributed by atoms with Gasteiger partial charge >= 0.3 is 12.2 Å². The fourth-order valence-electron chi connectivity index (χ4n) is 9.62. The molecule has 322 valence electrons. The molecule has 1 aromatic heterocycles. The van der Waals surface area contributed by atoms with Crippen LogP contribution in [0.1, 0.15) is 90.7 Å². The van der Waals surface area contributed by atoms with Crippen molar-refractivity contribution in [2.75, 3.05) is 20.8 Å². The number of carbonyl (C=O) groups is 4. The third kappa shape index (κ3) is 7.81. The Hall–Kier alpha value is -5.92. The normalized spacial score (nSPS) is 21.6. The molecule has 2 saturated heterocycles. The van der Waals surface area contributed by atoms with Gasteiger partial charge in [0.2, 0.25) is 11.8 Å². The van der Waals surface area contributed by atoms with Crippen LogP contribution in [0.15, 0.2) is 53.7 Å². The number of rotatable bonds is 8. The molecule has 3 aromatic carbocycles. The smallest absolute Gasteiger partial charge is 0.407 e. The van der Waals surface area contributed by atoms with E-state index in [9.17, 15) is 19.2 Å². The average Bonchev–Trinajstić information content (AvgIpc) is 4.05. The second-order valence-electron chi connectivity index (χ2n) is 18.6. The number of likely N-dealkylation sites (tertiary alicyclic amines) is 2. The summed E-state index contributed by atoms with van der Waals surface area (Å²) >= 11 is 0. The van der Waals surface area contributed by atoms with Crippen molar-refractivity contribution in [2.24, 2.45) is 22.2 Å². The summed E-state index contributed by atoms with van der Waals surface area (Å²) in [5.74, 6) is 1.43. The van der Waals surface area contributed by atoms with Crippen LogP contribution in [0.5, 0.6) is 5.75 Å². The first-order valence-electron chi connectivity index (χ1n) is 21.4. The molecule has 5 heterocycles. The highest BCUT2D eigenvalue weighted by Crippen LogP contribution is 2.45. The second-order valence-corrected chi connectivity index (χ2v) is 18.6. The molecule has 0 unspecified atom stereocenters. The number of hydrogen-bond donors (Lipinski definition) is 3. The van der Waals surface area contributed by atoms with E-state index in [1.807, 2.05) is 57.5 Å². The number of nitrogens with one attached hydrogen (secondary N) is 3. The predicted octanol–water partition coefficient (Wildman–Crippen LogP) is 7.86. The maximum absolute atomic E-state index is 14.1. The highest BCUT2D eigenvalue weighted by molar-refractivity contribution is 6.06. The molecule has 4 aliphatic heterocycles. The lowest BCUT2D eigenvalue weighted by Crippen LogP contribution is -2.55. The Morgan fingerprint density at radius 2 is 1.67 bits per heavy atom. The van der Waals surface area contributed by atoms with E-state index >= 15 is 0 Å². The molecule has 3 N–H and O–H groups in total. The molecule has 6 atom stereocenters. The van der Waals surface area contributed by atoms with Crippen LogP contribution in [0.3, 0.4) is 0 Å². The van der Waals surface area contributed by atoms with E-state index in [4.69, 9.17) is 24.2 Å². The van der Waals surface area contributed by atoms with Gasteiger partial charge in [0.15, 0.2) is 0 Å². The quantitative estimate of drug-likeness (QED) is 0.161. The van der Waals surface area contributed by atoms with Crippen molar-refractivity contribution < 1.29 is 33.4 Å². The van der Waals surface area contributed by atoms with Crippen molar-refractivity contribution >= 4 is 46.2 Å². The van der Waals surface area contributed by atoms with E-state index in [2.05, 4.69) is 65.0 Å². The number of methoxy groups -OCH3 is 2. The Kier molecular flexibility index (Phi) is 11.1. The minimum atomic E-state index is -0.768. The Morgan fingerprint density at radius 3 is 2.39 bits per heavy atom. The van der Waals surface area contributed by atoms with Gasteiger partial charge in [0.05, 0.1) is 43.9 Å². The summed E-state index contributed by atoms with van der Waals surface area (Å²) in [6, 6.07) is 13.0. The van der Waals surface area contributed by atoms with Gasteiger partial charge in [-0.3, -0.25) is 14.6 Å². The lowest BCUT2D eigenvalue weighted by atomic mass is 9.85. The van der Waals surface area contributed by atoms with Crippen LogP contribution in [-0.2, 0) is 32.1 Å². The topological polar surface area (TPSA) is 168 Å². The van der Waals surface area contributed by atoms with Gasteiger partial charge in [-0.25, -0.2) is 14.6 Å². The number of aromatic nitrogens is 2.